The van der Waals surface area contributed by atoms with Crippen molar-refractivity contribution in [3.05, 3.63) is 77.1 Å². The SMILES string of the molecule is Cc1ccc(-c2nnc(N3CCc4[nH]cnc4[C@@H]3c3cc4c(F)cccn4n3)o2)c(C)n1. The van der Waals surface area contributed by atoms with Gasteiger partial charge >= 0.3 is 6.01 Å². The molecule has 5 aromatic rings. The third kappa shape index (κ3) is 2.87. The van der Waals surface area contributed by atoms with Crippen LogP contribution in [0.5, 0.6) is 0 Å². The van der Waals surface area contributed by atoms with Gasteiger partial charge in [0.25, 0.3) is 5.89 Å². The molecule has 0 spiro atoms. The fraction of sp³-hybridized carbons (Fsp3) is 0.227. The van der Waals surface area contributed by atoms with Crippen molar-refractivity contribution in [2.75, 3.05) is 11.4 Å². The molecular formula is C22H19FN8O. The molecule has 0 aliphatic carbocycles. The van der Waals surface area contributed by atoms with E-state index in [1.54, 1.807) is 24.7 Å². The highest BCUT2D eigenvalue weighted by atomic mass is 19.1. The fourth-order valence-electron chi connectivity index (χ4n) is 4.27. The van der Waals surface area contributed by atoms with E-state index in [9.17, 15) is 4.39 Å². The van der Waals surface area contributed by atoms with Gasteiger partial charge in [-0.2, -0.15) is 5.10 Å². The second-order valence-corrected chi connectivity index (χ2v) is 7.84. The van der Waals surface area contributed by atoms with E-state index in [0.717, 1.165) is 34.8 Å². The van der Waals surface area contributed by atoms with Gasteiger partial charge in [-0.25, -0.2) is 13.9 Å². The Morgan fingerprint density at radius 1 is 1.19 bits per heavy atom. The molecule has 0 amide bonds. The van der Waals surface area contributed by atoms with Gasteiger partial charge in [0.2, 0.25) is 0 Å². The molecule has 1 aliphatic heterocycles. The summed E-state index contributed by atoms with van der Waals surface area (Å²) in [4.78, 5) is 14.2. The van der Waals surface area contributed by atoms with Crippen molar-refractivity contribution in [3.63, 3.8) is 0 Å². The summed E-state index contributed by atoms with van der Waals surface area (Å²) in [7, 11) is 0. The van der Waals surface area contributed by atoms with Gasteiger partial charge in [-0.1, -0.05) is 5.10 Å². The van der Waals surface area contributed by atoms with Crippen molar-refractivity contribution in [2.45, 2.75) is 26.3 Å². The third-order valence-corrected chi connectivity index (χ3v) is 5.79. The summed E-state index contributed by atoms with van der Waals surface area (Å²) in [5.74, 6) is 0.0657. The lowest BCUT2D eigenvalue weighted by atomic mass is 10.0. The standard InChI is InChI=1S/C22H19FN8O/c1-12-5-6-14(13(2)26-12)21-27-28-22(32-21)30-9-7-16-19(25-11-24-16)20(30)17-10-18-15(23)4-3-8-31(18)29-17/h3-6,8,10-11,20H,7,9H2,1-2H3,(H,24,25)/t20-/m0/s1. The highest BCUT2D eigenvalue weighted by Crippen LogP contribution is 2.37. The second-order valence-electron chi connectivity index (χ2n) is 7.84. The number of aryl methyl sites for hydroxylation is 2. The zero-order valence-corrected chi connectivity index (χ0v) is 17.4. The lowest BCUT2D eigenvalue weighted by Crippen LogP contribution is -2.36. The maximum Gasteiger partial charge on any atom is 0.319 e. The zero-order valence-electron chi connectivity index (χ0n) is 17.4. The molecular weight excluding hydrogens is 411 g/mol. The van der Waals surface area contributed by atoms with Gasteiger partial charge in [0.1, 0.15) is 17.4 Å². The summed E-state index contributed by atoms with van der Waals surface area (Å²) in [6, 6.07) is 8.59. The number of nitrogens with one attached hydrogen (secondary N) is 1. The quantitative estimate of drug-likeness (QED) is 0.468. The molecule has 0 saturated carbocycles. The number of hydrogen-bond donors (Lipinski definition) is 1. The topological polar surface area (TPSA) is 101 Å². The van der Waals surface area contributed by atoms with Crippen molar-refractivity contribution in [1.82, 2.24) is 34.8 Å². The van der Waals surface area contributed by atoms with Gasteiger partial charge in [-0.15, -0.1) is 5.10 Å². The molecule has 0 bridgehead atoms. The largest absolute Gasteiger partial charge is 0.403 e. The summed E-state index contributed by atoms with van der Waals surface area (Å²) in [5, 5.41) is 13.2. The first kappa shape index (κ1) is 18.7. The van der Waals surface area contributed by atoms with E-state index in [1.165, 1.54) is 10.6 Å². The van der Waals surface area contributed by atoms with Crippen LogP contribution >= 0.6 is 0 Å². The Morgan fingerprint density at radius 2 is 2.09 bits per heavy atom. The molecule has 0 unspecified atom stereocenters. The molecule has 5 aromatic heterocycles. The van der Waals surface area contributed by atoms with Crippen LogP contribution in [0.3, 0.4) is 0 Å². The Balaban J connectivity index is 1.45. The number of halogens is 1. The fourth-order valence-corrected chi connectivity index (χ4v) is 4.27. The maximum atomic E-state index is 14.3. The minimum Gasteiger partial charge on any atom is -0.403 e. The first-order valence-corrected chi connectivity index (χ1v) is 10.3. The average molecular weight is 430 g/mol. The van der Waals surface area contributed by atoms with Crippen LogP contribution in [0.2, 0.25) is 0 Å². The Morgan fingerprint density at radius 3 is 2.94 bits per heavy atom. The Bertz CT molecular complexity index is 1450. The minimum absolute atomic E-state index is 0.335. The van der Waals surface area contributed by atoms with Crippen LogP contribution in [0, 0.1) is 19.7 Å². The van der Waals surface area contributed by atoms with Gasteiger partial charge in [-0.05, 0) is 44.2 Å². The van der Waals surface area contributed by atoms with Crippen LogP contribution in [0.4, 0.5) is 10.4 Å². The third-order valence-electron chi connectivity index (χ3n) is 5.79. The first-order chi connectivity index (χ1) is 15.6. The van der Waals surface area contributed by atoms with Crippen molar-refractivity contribution >= 4 is 11.5 Å². The van der Waals surface area contributed by atoms with E-state index in [4.69, 9.17) is 4.42 Å². The lowest BCUT2D eigenvalue weighted by Gasteiger charge is -2.32. The predicted octanol–water partition coefficient (Wildman–Crippen LogP) is 3.41. The minimum atomic E-state index is -0.394. The normalized spacial score (nSPS) is 16.0. The summed E-state index contributed by atoms with van der Waals surface area (Å²) in [6.07, 6.45) is 4.12. The van der Waals surface area contributed by atoms with Crippen LogP contribution in [-0.4, -0.2) is 41.3 Å². The van der Waals surface area contributed by atoms with E-state index in [2.05, 4.69) is 30.2 Å². The van der Waals surface area contributed by atoms with Crippen molar-refractivity contribution < 1.29 is 8.81 Å². The van der Waals surface area contributed by atoms with E-state index in [1.807, 2.05) is 30.9 Å². The average Bonchev–Trinajstić information content (AvgIpc) is 3.52. The molecule has 1 N–H and O–H groups in total. The predicted molar refractivity (Wildman–Crippen MR) is 114 cm³/mol. The van der Waals surface area contributed by atoms with Gasteiger partial charge in [-0.3, -0.25) is 4.98 Å². The molecule has 6 rings (SSSR count). The van der Waals surface area contributed by atoms with Gasteiger partial charge in [0, 0.05) is 30.6 Å². The summed E-state index contributed by atoms with van der Waals surface area (Å²) < 4.78 is 22.0. The molecule has 160 valence electrons. The smallest absolute Gasteiger partial charge is 0.319 e. The van der Waals surface area contributed by atoms with Crippen LogP contribution in [0.25, 0.3) is 17.0 Å². The summed E-state index contributed by atoms with van der Waals surface area (Å²) in [5.41, 5.74) is 5.41. The Labute approximate surface area is 182 Å². The van der Waals surface area contributed by atoms with Crippen LogP contribution in [-0.2, 0) is 6.42 Å². The molecule has 1 atom stereocenters. The molecule has 0 saturated heterocycles. The second kappa shape index (κ2) is 6.98. The highest BCUT2D eigenvalue weighted by Gasteiger charge is 2.36. The van der Waals surface area contributed by atoms with E-state index < -0.39 is 6.04 Å². The van der Waals surface area contributed by atoms with Gasteiger partial charge in [0.15, 0.2) is 0 Å². The van der Waals surface area contributed by atoms with Crippen molar-refractivity contribution in [3.8, 4) is 11.5 Å². The van der Waals surface area contributed by atoms with Crippen molar-refractivity contribution in [2.24, 2.45) is 0 Å². The van der Waals surface area contributed by atoms with Gasteiger partial charge in [0.05, 0.1) is 29.0 Å². The summed E-state index contributed by atoms with van der Waals surface area (Å²) >= 11 is 0. The molecule has 1 aliphatic rings. The molecule has 0 radical (unpaired) electrons. The highest BCUT2D eigenvalue weighted by molar-refractivity contribution is 5.58. The number of fused-ring (bicyclic) bond motifs is 2. The number of hydrogen-bond acceptors (Lipinski definition) is 7. The number of rotatable bonds is 3. The number of pyridine rings is 2. The number of anilines is 1. The summed E-state index contributed by atoms with van der Waals surface area (Å²) in [6.45, 7) is 4.47. The van der Waals surface area contributed by atoms with E-state index in [0.29, 0.717) is 29.7 Å². The van der Waals surface area contributed by atoms with E-state index in [-0.39, 0.29) is 5.82 Å². The number of H-pyrrole nitrogens is 1. The molecule has 0 fully saturated rings. The number of nitrogens with zero attached hydrogens (tertiary/aromatic N) is 7. The van der Waals surface area contributed by atoms with E-state index >= 15 is 0 Å². The molecule has 10 heteroatoms. The maximum absolute atomic E-state index is 14.3. The molecule has 9 nitrogen and oxygen atoms in total. The molecule has 32 heavy (non-hydrogen) atoms. The number of aromatic amines is 1. The van der Waals surface area contributed by atoms with Gasteiger partial charge < -0.3 is 14.3 Å². The van der Waals surface area contributed by atoms with Crippen LogP contribution in [0.1, 0.15) is 34.5 Å². The zero-order chi connectivity index (χ0) is 21.8. The lowest BCUT2D eigenvalue weighted by molar-refractivity contribution is 0.503. The van der Waals surface area contributed by atoms with Crippen LogP contribution in [0.15, 0.2) is 47.3 Å². The number of imidazole rings is 1. The first-order valence-electron chi connectivity index (χ1n) is 10.3. The molecule has 6 heterocycles. The Hall–Kier alpha value is -4.08. The molecule has 0 aromatic carbocycles. The Kier molecular flexibility index (Phi) is 4.07. The van der Waals surface area contributed by atoms with Crippen molar-refractivity contribution in [1.29, 1.82) is 0 Å². The van der Waals surface area contributed by atoms with Crippen LogP contribution < -0.4 is 4.90 Å². The number of aromatic nitrogens is 7. The monoisotopic (exact) mass is 430 g/mol.